The van der Waals surface area contributed by atoms with Gasteiger partial charge in [-0.1, -0.05) is 6.92 Å². The van der Waals surface area contributed by atoms with Gasteiger partial charge in [0.15, 0.2) is 0 Å². The van der Waals surface area contributed by atoms with Gasteiger partial charge in [-0.2, -0.15) is 0 Å². The Kier molecular flexibility index (Phi) is 5.65. The Balaban J connectivity index is 2.01. The third kappa shape index (κ3) is 4.48. The van der Waals surface area contributed by atoms with Gasteiger partial charge in [0.1, 0.15) is 0 Å². The van der Waals surface area contributed by atoms with Crippen LogP contribution in [0, 0.1) is 0 Å². The van der Waals surface area contributed by atoms with Crippen LogP contribution in [0.4, 0.5) is 0 Å². The zero-order chi connectivity index (χ0) is 16.9. The molecule has 0 saturated carbocycles. The summed E-state index contributed by atoms with van der Waals surface area (Å²) in [5, 5.41) is 13.2. The molecule has 0 aliphatic carbocycles. The summed E-state index contributed by atoms with van der Waals surface area (Å²) in [6.45, 7) is 2.78. The van der Waals surface area contributed by atoms with E-state index in [2.05, 4.69) is 15.3 Å². The van der Waals surface area contributed by atoms with E-state index < -0.39 is 5.60 Å². The normalized spacial score (nSPS) is 21.1. The predicted molar refractivity (Wildman–Crippen MR) is 84.8 cm³/mol. The SMILES string of the molecule is CCc1cnc(C(=O)N2CCCC(O)(CCC(=O)NC)C2)nc1. The van der Waals surface area contributed by atoms with E-state index in [9.17, 15) is 14.7 Å². The molecule has 1 unspecified atom stereocenters. The third-order valence-electron chi connectivity index (χ3n) is 4.24. The molecule has 1 aromatic heterocycles. The number of piperidine rings is 1. The van der Waals surface area contributed by atoms with E-state index in [0.29, 0.717) is 25.8 Å². The molecule has 7 nitrogen and oxygen atoms in total. The Labute approximate surface area is 136 Å². The number of aromatic nitrogens is 2. The van der Waals surface area contributed by atoms with Crippen LogP contribution in [0.5, 0.6) is 0 Å². The average Bonchev–Trinajstić information content (AvgIpc) is 2.59. The summed E-state index contributed by atoms with van der Waals surface area (Å²) in [7, 11) is 1.57. The molecule has 1 aromatic rings. The number of nitrogens with zero attached hydrogens (tertiary/aromatic N) is 3. The lowest BCUT2D eigenvalue weighted by molar-refractivity contribution is -0.122. The molecule has 0 bridgehead atoms. The van der Waals surface area contributed by atoms with E-state index >= 15 is 0 Å². The van der Waals surface area contributed by atoms with Crippen LogP contribution >= 0.6 is 0 Å². The number of hydrogen-bond acceptors (Lipinski definition) is 5. The van der Waals surface area contributed by atoms with Crippen molar-refractivity contribution in [1.29, 1.82) is 0 Å². The van der Waals surface area contributed by atoms with Crippen molar-refractivity contribution in [2.75, 3.05) is 20.1 Å². The number of β-amino-alcohol motifs (C(OH)–C–C–N with tert-alkyl or cyclic N) is 1. The van der Waals surface area contributed by atoms with E-state index in [0.717, 1.165) is 12.0 Å². The van der Waals surface area contributed by atoms with Gasteiger partial charge >= 0.3 is 0 Å². The van der Waals surface area contributed by atoms with Crippen molar-refractivity contribution in [3.05, 3.63) is 23.8 Å². The minimum Gasteiger partial charge on any atom is -0.388 e. The Morgan fingerprint density at radius 3 is 2.70 bits per heavy atom. The average molecular weight is 320 g/mol. The van der Waals surface area contributed by atoms with Gasteiger partial charge in [0.2, 0.25) is 11.7 Å². The molecule has 2 N–H and O–H groups in total. The van der Waals surface area contributed by atoms with Crippen LogP contribution in [0.3, 0.4) is 0 Å². The van der Waals surface area contributed by atoms with Gasteiger partial charge in [-0.05, 0) is 31.2 Å². The van der Waals surface area contributed by atoms with Crippen LogP contribution in [-0.2, 0) is 11.2 Å². The zero-order valence-corrected chi connectivity index (χ0v) is 13.7. The molecule has 1 fully saturated rings. The lowest BCUT2D eigenvalue weighted by Crippen LogP contribution is -2.51. The van der Waals surface area contributed by atoms with Crippen molar-refractivity contribution in [3.63, 3.8) is 0 Å². The summed E-state index contributed by atoms with van der Waals surface area (Å²) >= 11 is 0. The fraction of sp³-hybridized carbons (Fsp3) is 0.625. The maximum Gasteiger partial charge on any atom is 0.291 e. The van der Waals surface area contributed by atoms with Crippen LogP contribution in [0.25, 0.3) is 0 Å². The molecule has 23 heavy (non-hydrogen) atoms. The first-order valence-corrected chi connectivity index (χ1v) is 8.00. The molecule has 0 radical (unpaired) electrons. The molecule has 2 rings (SSSR count). The molecular formula is C16H24N4O3. The number of hydrogen-bond donors (Lipinski definition) is 2. The van der Waals surface area contributed by atoms with E-state index in [-0.39, 0.29) is 30.6 Å². The fourth-order valence-electron chi connectivity index (χ4n) is 2.75. The summed E-state index contributed by atoms with van der Waals surface area (Å²) < 4.78 is 0. The lowest BCUT2D eigenvalue weighted by Gasteiger charge is -2.38. The number of carbonyl (C=O) groups is 2. The molecule has 1 saturated heterocycles. The highest BCUT2D eigenvalue weighted by Crippen LogP contribution is 2.26. The molecule has 2 amide bonds. The van der Waals surface area contributed by atoms with Crippen LogP contribution in [0.1, 0.15) is 48.8 Å². The van der Waals surface area contributed by atoms with Crippen molar-refractivity contribution in [1.82, 2.24) is 20.2 Å². The van der Waals surface area contributed by atoms with Crippen molar-refractivity contribution in [2.24, 2.45) is 0 Å². The topological polar surface area (TPSA) is 95.4 Å². The van der Waals surface area contributed by atoms with Crippen LogP contribution in [0.2, 0.25) is 0 Å². The summed E-state index contributed by atoms with van der Waals surface area (Å²) in [6.07, 6.45) is 6.00. The highest BCUT2D eigenvalue weighted by Gasteiger charge is 2.36. The standard InChI is InChI=1S/C16H24N4O3/c1-3-12-9-18-14(19-10-12)15(22)20-8-4-6-16(23,11-20)7-5-13(21)17-2/h9-10,23H,3-8,11H2,1-2H3,(H,17,21). The molecule has 0 aromatic carbocycles. The van der Waals surface area contributed by atoms with E-state index in [1.165, 1.54) is 0 Å². The Morgan fingerprint density at radius 2 is 2.09 bits per heavy atom. The lowest BCUT2D eigenvalue weighted by atomic mass is 9.88. The summed E-state index contributed by atoms with van der Waals surface area (Å²) in [4.78, 5) is 33.7. The summed E-state index contributed by atoms with van der Waals surface area (Å²) in [5.41, 5.74) is -0.0497. The van der Waals surface area contributed by atoms with Crippen molar-refractivity contribution < 1.29 is 14.7 Å². The van der Waals surface area contributed by atoms with Crippen LogP contribution < -0.4 is 5.32 Å². The Morgan fingerprint density at radius 1 is 1.39 bits per heavy atom. The van der Waals surface area contributed by atoms with Gasteiger partial charge in [0, 0.05) is 39.0 Å². The molecule has 0 spiro atoms. The van der Waals surface area contributed by atoms with Gasteiger partial charge in [0.25, 0.3) is 5.91 Å². The Bertz CT molecular complexity index is 561. The van der Waals surface area contributed by atoms with E-state index in [1.807, 2.05) is 6.92 Å². The summed E-state index contributed by atoms with van der Waals surface area (Å²) in [6, 6.07) is 0. The second-order valence-corrected chi connectivity index (χ2v) is 6.00. The maximum atomic E-state index is 12.5. The fourth-order valence-corrected chi connectivity index (χ4v) is 2.75. The van der Waals surface area contributed by atoms with E-state index in [4.69, 9.17) is 0 Å². The smallest absolute Gasteiger partial charge is 0.291 e. The molecule has 126 valence electrons. The molecule has 1 aliphatic rings. The first-order valence-electron chi connectivity index (χ1n) is 8.00. The number of aryl methyl sites for hydroxylation is 1. The van der Waals surface area contributed by atoms with Crippen LogP contribution in [-0.4, -0.2) is 57.5 Å². The predicted octanol–water partition coefficient (Wildman–Crippen LogP) is 0.532. The van der Waals surface area contributed by atoms with Gasteiger partial charge in [-0.3, -0.25) is 9.59 Å². The molecule has 1 aliphatic heterocycles. The van der Waals surface area contributed by atoms with Gasteiger partial charge in [-0.15, -0.1) is 0 Å². The number of rotatable bonds is 5. The number of nitrogens with one attached hydrogen (secondary N) is 1. The van der Waals surface area contributed by atoms with Crippen molar-refractivity contribution in [3.8, 4) is 0 Å². The quantitative estimate of drug-likeness (QED) is 0.825. The van der Waals surface area contributed by atoms with Gasteiger partial charge < -0.3 is 15.3 Å². The largest absolute Gasteiger partial charge is 0.388 e. The second-order valence-electron chi connectivity index (χ2n) is 6.00. The van der Waals surface area contributed by atoms with Gasteiger partial charge in [0.05, 0.1) is 5.60 Å². The monoisotopic (exact) mass is 320 g/mol. The highest BCUT2D eigenvalue weighted by molar-refractivity contribution is 5.90. The number of carbonyl (C=O) groups excluding carboxylic acids is 2. The molecular weight excluding hydrogens is 296 g/mol. The summed E-state index contributed by atoms with van der Waals surface area (Å²) in [5.74, 6) is -0.233. The van der Waals surface area contributed by atoms with Crippen LogP contribution in [0.15, 0.2) is 12.4 Å². The minimum absolute atomic E-state index is 0.111. The number of aliphatic hydroxyl groups is 1. The first kappa shape index (κ1) is 17.3. The second kappa shape index (κ2) is 7.50. The zero-order valence-electron chi connectivity index (χ0n) is 13.7. The third-order valence-corrected chi connectivity index (χ3v) is 4.24. The minimum atomic E-state index is -1.02. The Hall–Kier alpha value is -2.02. The van der Waals surface area contributed by atoms with Crippen molar-refractivity contribution in [2.45, 2.75) is 44.6 Å². The first-order chi connectivity index (χ1) is 11.0. The molecule has 2 heterocycles. The van der Waals surface area contributed by atoms with Gasteiger partial charge in [-0.25, -0.2) is 9.97 Å². The number of amides is 2. The van der Waals surface area contributed by atoms with E-state index in [1.54, 1.807) is 24.3 Å². The van der Waals surface area contributed by atoms with Crippen molar-refractivity contribution >= 4 is 11.8 Å². The molecule has 7 heteroatoms. The number of likely N-dealkylation sites (tertiary alicyclic amines) is 1. The maximum absolute atomic E-state index is 12.5. The molecule has 1 atom stereocenters. The highest BCUT2D eigenvalue weighted by atomic mass is 16.3.